The zero-order valence-corrected chi connectivity index (χ0v) is 14.7. The van der Waals surface area contributed by atoms with Crippen molar-refractivity contribution in [1.82, 2.24) is 20.2 Å². The van der Waals surface area contributed by atoms with Crippen molar-refractivity contribution in [3.8, 4) is 0 Å². The first-order valence-corrected chi connectivity index (χ1v) is 8.25. The van der Waals surface area contributed by atoms with Gasteiger partial charge >= 0.3 is 140 Å². The van der Waals surface area contributed by atoms with Crippen LogP contribution >= 0.6 is 0 Å². The van der Waals surface area contributed by atoms with E-state index in [4.69, 9.17) is 0 Å². The molecule has 0 radical (unpaired) electrons. The topological polar surface area (TPSA) is 44.3 Å². The molecule has 0 atom stereocenters. The fourth-order valence-corrected chi connectivity index (χ4v) is 3.37. The summed E-state index contributed by atoms with van der Waals surface area (Å²) in [4.78, 5) is 13.8. The van der Waals surface area contributed by atoms with E-state index >= 15 is 0 Å². The number of rotatable bonds is 3. The van der Waals surface area contributed by atoms with Crippen molar-refractivity contribution in [2.45, 2.75) is 13.8 Å². The Morgan fingerprint density at radius 2 is 1.86 bits per heavy atom. The molecule has 6 heteroatoms. The minimum absolute atomic E-state index is 0.974. The first kappa shape index (κ1) is 15.6. The van der Waals surface area contributed by atoms with Crippen LogP contribution in [0.1, 0.15) is 11.1 Å². The van der Waals surface area contributed by atoms with E-state index in [0.29, 0.717) is 0 Å². The van der Waals surface area contributed by atoms with Crippen molar-refractivity contribution in [2.75, 3.05) is 38.1 Å². The summed E-state index contributed by atoms with van der Waals surface area (Å²) in [5.41, 5.74) is 3.54. The SMILES string of the molecule is CN[C](=[V])N1CCN(c2ncnc3c(C)cc(C)cc23)CC1. The van der Waals surface area contributed by atoms with Crippen LogP contribution in [0.4, 0.5) is 5.82 Å². The van der Waals surface area contributed by atoms with E-state index in [1.165, 1.54) is 21.0 Å². The minimum atomic E-state index is 0.974. The molecule has 2 aromatic rings. The summed E-state index contributed by atoms with van der Waals surface area (Å²) in [7, 11) is 1.96. The van der Waals surface area contributed by atoms with Gasteiger partial charge in [-0.15, -0.1) is 0 Å². The van der Waals surface area contributed by atoms with Gasteiger partial charge in [-0.25, -0.2) is 0 Å². The second-order valence-electron chi connectivity index (χ2n) is 5.72. The molecule has 1 aromatic heterocycles. The van der Waals surface area contributed by atoms with Crippen molar-refractivity contribution in [3.63, 3.8) is 0 Å². The molecule has 115 valence electrons. The van der Waals surface area contributed by atoms with Crippen LogP contribution in [0.2, 0.25) is 0 Å². The molecule has 0 spiro atoms. The summed E-state index contributed by atoms with van der Waals surface area (Å²) in [5.74, 6) is 1.06. The summed E-state index contributed by atoms with van der Waals surface area (Å²) in [5, 5.41) is 4.37. The van der Waals surface area contributed by atoms with Gasteiger partial charge in [-0.3, -0.25) is 0 Å². The van der Waals surface area contributed by atoms with E-state index in [9.17, 15) is 0 Å². The molecule has 1 saturated heterocycles. The number of piperazine rings is 1. The molecule has 1 N–H and O–H groups in total. The van der Waals surface area contributed by atoms with E-state index < -0.39 is 0 Å². The number of anilines is 1. The summed E-state index contributed by atoms with van der Waals surface area (Å²) in [6, 6.07) is 4.38. The summed E-state index contributed by atoms with van der Waals surface area (Å²) in [6.07, 6.45) is 1.69. The van der Waals surface area contributed by atoms with E-state index in [2.05, 4.69) is 68.0 Å². The number of aryl methyl sites for hydroxylation is 2. The fourth-order valence-electron chi connectivity index (χ4n) is 3.05. The zero-order valence-electron chi connectivity index (χ0n) is 13.3. The van der Waals surface area contributed by atoms with Crippen LogP contribution < -0.4 is 10.2 Å². The predicted octanol–water partition coefficient (Wildman–Crippen LogP) is 1.22. The molecule has 3 rings (SSSR count). The molecule has 2 heterocycles. The molecule has 1 aliphatic rings. The summed E-state index contributed by atoms with van der Waals surface area (Å²) in [6.45, 7) is 8.20. The average Bonchev–Trinajstić information content (AvgIpc) is 2.54. The van der Waals surface area contributed by atoms with Crippen molar-refractivity contribution in [1.29, 1.82) is 0 Å². The van der Waals surface area contributed by atoms with Gasteiger partial charge in [0.05, 0.1) is 0 Å². The van der Waals surface area contributed by atoms with Crippen molar-refractivity contribution < 1.29 is 17.0 Å². The molecule has 0 aliphatic carbocycles. The standard InChI is InChI=1S/C16H21N5.V/c1-12-8-13(2)15-14(9-12)16(19-10-18-15)21-6-4-20(5-7-21)11-17-3;/h8-10,17H,4-7H2,1-3H3;. The van der Waals surface area contributed by atoms with Gasteiger partial charge in [0.25, 0.3) is 0 Å². The van der Waals surface area contributed by atoms with Gasteiger partial charge in [-0.05, 0) is 0 Å². The number of benzene rings is 1. The Morgan fingerprint density at radius 1 is 1.14 bits per heavy atom. The van der Waals surface area contributed by atoms with Gasteiger partial charge in [-0.2, -0.15) is 0 Å². The Hall–Kier alpha value is -1.27. The maximum atomic E-state index is 4.57. The summed E-state index contributed by atoms with van der Waals surface area (Å²) >= 11 is 2.61. The van der Waals surface area contributed by atoms with Crippen molar-refractivity contribution in [3.05, 3.63) is 29.6 Å². The molecule has 0 amide bonds. The first-order chi connectivity index (χ1) is 10.6. The van der Waals surface area contributed by atoms with Crippen LogP contribution in [-0.4, -0.2) is 52.6 Å². The Morgan fingerprint density at radius 3 is 2.55 bits per heavy atom. The Labute approximate surface area is 140 Å². The van der Waals surface area contributed by atoms with Crippen LogP contribution in [-0.2, 0) is 17.0 Å². The third-order valence-corrected chi connectivity index (χ3v) is 4.95. The van der Waals surface area contributed by atoms with Crippen molar-refractivity contribution >= 4 is 21.2 Å². The molecule has 1 aromatic carbocycles. The van der Waals surface area contributed by atoms with Crippen molar-refractivity contribution in [2.24, 2.45) is 0 Å². The van der Waals surface area contributed by atoms with Gasteiger partial charge in [0, 0.05) is 0 Å². The molecular formula is C16H21N5V. The molecular weight excluding hydrogens is 313 g/mol. The van der Waals surface area contributed by atoms with E-state index in [-0.39, 0.29) is 0 Å². The second-order valence-corrected chi connectivity index (χ2v) is 6.38. The molecule has 22 heavy (non-hydrogen) atoms. The Kier molecular flexibility index (Phi) is 4.59. The van der Waals surface area contributed by atoms with Gasteiger partial charge in [0.2, 0.25) is 0 Å². The van der Waals surface area contributed by atoms with Crippen LogP contribution in [0.5, 0.6) is 0 Å². The van der Waals surface area contributed by atoms with Crippen LogP contribution in [0.3, 0.4) is 0 Å². The Balaban J connectivity index is 1.90. The molecule has 5 nitrogen and oxygen atoms in total. The number of aromatic nitrogens is 2. The molecule has 0 saturated carbocycles. The molecule has 1 fully saturated rings. The monoisotopic (exact) mass is 334 g/mol. The third kappa shape index (κ3) is 2.94. The number of nitrogens with one attached hydrogen (secondary N) is 1. The molecule has 1 aliphatic heterocycles. The number of hydrogen-bond acceptors (Lipinski definition) is 5. The second kappa shape index (κ2) is 6.46. The van der Waals surface area contributed by atoms with Gasteiger partial charge in [0.15, 0.2) is 0 Å². The Bertz CT molecular complexity index is 707. The van der Waals surface area contributed by atoms with Crippen LogP contribution in [0.15, 0.2) is 18.5 Å². The summed E-state index contributed by atoms with van der Waals surface area (Å²) < 4.78 is 1.17. The predicted molar refractivity (Wildman–Crippen MR) is 86.9 cm³/mol. The average molecular weight is 334 g/mol. The number of fused-ring (bicyclic) bond motifs is 1. The van der Waals surface area contributed by atoms with Gasteiger partial charge in [0.1, 0.15) is 0 Å². The van der Waals surface area contributed by atoms with E-state index in [1.54, 1.807) is 6.33 Å². The van der Waals surface area contributed by atoms with Crippen LogP contribution in [0, 0.1) is 13.8 Å². The fraction of sp³-hybridized carbons (Fsp3) is 0.438. The van der Waals surface area contributed by atoms with Crippen LogP contribution in [0.25, 0.3) is 10.9 Å². The molecule has 0 bridgehead atoms. The number of hydrogen-bond donors (Lipinski definition) is 1. The normalized spacial score (nSPS) is 16.2. The van der Waals surface area contributed by atoms with E-state index in [1.807, 2.05) is 7.05 Å². The third-order valence-electron chi connectivity index (χ3n) is 4.15. The van der Waals surface area contributed by atoms with Gasteiger partial charge in [-0.1, -0.05) is 0 Å². The quantitative estimate of drug-likeness (QED) is 0.915. The van der Waals surface area contributed by atoms with E-state index in [0.717, 1.165) is 37.5 Å². The maximum absolute atomic E-state index is 4.57. The number of nitrogens with zero attached hydrogens (tertiary/aromatic N) is 4. The molecule has 0 unspecified atom stereocenters. The zero-order chi connectivity index (χ0) is 15.7. The first-order valence-electron chi connectivity index (χ1n) is 7.55. The van der Waals surface area contributed by atoms with Gasteiger partial charge < -0.3 is 0 Å².